The summed E-state index contributed by atoms with van der Waals surface area (Å²) in [6.45, 7) is 2.73. The van der Waals surface area contributed by atoms with Gasteiger partial charge in [-0.2, -0.15) is 0 Å². The number of carbonyl (C=O) groups excluding carboxylic acids is 2. The fraction of sp³-hybridized carbons (Fsp3) is 0.300. The number of hydrogen-bond donors (Lipinski definition) is 2. The Kier molecular flexibility index (Phi) is 5.80. The second-order valence-corrected chi connectivity index (χ2v) is 6.13. The number of phenols is 1. The topological polar surface area (TPSA) is 94.1 Å². The molecule has 0 bridgehead atoms. The highest BCUT2D eigenvalue weighted by Crippen LogP contribution is 2.30. The van der Waals surface area contributed by atoms with E-state index in [1.807, 2.05) is 18.2 Å². The summed E-state index contributed by atoms with van der Waals surface area (Å²) in [6, 6.07) is 10.4. The van der Waals surface area contributed by atoms with Crippen molar-refractivity contribution < 1.29 is 28.9 Å². The Morgan fingerprint density at radius 1 is 1.15 bits per heavy atom. The lowest BCUT2D eigenvalue weighted by molar-refractivity contribution is -0.124. The average molecular weight is 371 g/mol. The minimum absolute atomic E-state index is 0.0408. The fourth-order valence-corrected chi connectivity index (χ4v) is 2.67. The van der Waals surface area contributed by atoms with Gasteiger partial charge in [0.1, 0.15) is 24.5 Å². The van der Waals surface area contributed by atoms with E-state index in [4.69, 9.17) is 14.2 Å². The summed E-state index contributed by atoms with van der Waals surface area (Å²) < 4.78 is 15.9. The second-order valence-electron chi connectivity index (χ2n) is 6.13. The van der Waals surface area contributed by atoms with Crippen LogP contribution in [0.15, 0.2) is 36.4 Å². The number of esters is 1. The van der Waals surface area contributed by atoms with E-state index < -0.39 is 18.5 Å². The van der Waals surface area contributed by atoms with Gasteiger partial charge in [0, 0.05) is 6.54 Å². The average Bonchev–Trinajstić information content (AvgIpc) is 2.68. The van der Waals surface area contributed by atoms with E-state index in [2.05, 4.69) is 5.32 Å². The Morgan fingerprint density at radius 2 is 1.93 bits per heavy atom. The van der Waals surface area contributed by atoms with Crippen LogP contribution in [0.3, 0.4) is 0 Å². The quantitative estimate of drug-likeness (QED) is 0.754. The maximum absolute atomic E-state index is 12.0. The highest BCUT2D eigenvalue weighted by atomic mass is 16.6. The van der Waals surface area contributed by atoms with Gasteiger partial charge in [-0.1, -0.05) is 18.2 Å². The maximum Gasteiger partial charge on any atom is 0.342 e. The number of hydrogen-bond acceptors (Lipinski definition) is 6. The number of benzene rings is 2. The SMILES string of the molecule is Cc1cccc(C(=O)OCC(=O)NCCc2ccc3c(c2)OCCO3)c1O. The Morgan fingerprint density at radius 3 is 2.74 bits per heavy atom. The van der Waals surface area contributed by atoms with Crippen molar-refractivity contribution in [1.29, 1.82) is 0 Å². The smallest absolute Gasteiger partial charge is 0.342 e. The molecule has 2 N–H and O–H groups in total. The maximum atomic E-state index is 12.0. The summed E-state index contributed by atoms with van der Waals surface area (Å²) in [7, 11) is 0. The van der Waals surface area contributed by atoms with Gasteiger partial charge in [-0.05, 0) is 42.7 Å². The summed E-state index contributed by atoms with van der Waals surface area (Å²) in [5.41, 5.74) is 1.61. The molecule has 3 rings (SSSR count). The Hall–Kier alpha value is -3.22. The lowest BCUT2D eigenvalue weighted by Crippen LogP contribution is -2.30. The van der Waals surface area contributed by atoms with Crippen molar-refractivity contribution in [2.45, 2.75) is 13.3 Å². The number of nitrogens with one attached hydrogen (secondary N) is 1. The molecule has 2 aromatic rings. The molecule has 142 valence electrons. The first-order valence-electron chi connectivity index (χ1n) is 8.65. The van der Waals surface area contributed by atoms with Gasteiger partial charge in [0.05, 0.1) is 0 Å². The van der Waals surface area contributed by atoms with Gasteiger partial charge in [0.15, 0.2) is 18.1 Å². The third-order valence-corrected chi connectivity index (χ3v) is 4.13. The third kappa shape index (κ3) is 4.69. The van der Waals surface area contributed by atoms with E-state index >= 15 is 0 Å². The van der Waals surface area contributed by atoms with Gasteiger partial charge < -0.3 is 24.6 Å². The first kappa shape index (κ1) is 18.6. The molecule has 0 saturated heterocycles. The van der Waals surface area contributed by atoms with Crippen LogP contribution in [0.4, 0.5) is 0 Å². The van der Waals surface area contributed by atoms with Gasteiger partial charge in [-0.15, -0.1) is 0 Å². The van der Waals surface area contributed by atoms with Crippen molar-refractivity contribution in [3.05, 3.63) is 53.1 Å². The monoisotopic (exact) mass is 371 g/mol. The molecule has 0 atom stereocenters. The molecule has 0 saturated carbocycles. The number of fused-ring (bicyclic) bond motifs is 1. The van der Waals surface area contributed by atoms with Crippen molar-refractivity contribution in [1.82, 2.24) is 5.32 Å². The summed E-state index contributed by atoms with van der Waals surface area (Å²) in [5, 5.41) is 12.6. The molecule has 1 amide bonds. The van der Waals surface area contributed by atoms with E-state index in [0.29, 0.717) is 37.5 Å². The molecule has 0 radical (unpaired) electrons. The van der Waals surface area contributed by atoms with Crippen LogP contribution < -0.4 is 14.8 Å². The lowest BCUT2D eigenvalue weighted by Gasteiger charge is -2.18. The highest BCUT2D eigenvalue weighted by Gasteiger charge is 2.15. The third-order valence-electron chi connectivity index (χ3n) is 4.13. The minimum atomic E-state index is -0.738. The molecular formula is C20H21NO6. The molecule has 0 aromatic heterocycles. The standard InChI is InChI=1S/C20H21NO6/c1-13-3-2-4-15(19(13)23)20(24)27-12-18(22)21-8-7-14-5-6-16-17(11-14)26-10-9-25-16/h2-6,11,23H,7-10,12H2,1H3,(H,21,22). The van der Waals surface area contributed by atoms with Crippen LogP contribution in [0.25, 0.3) is 0 Å². The van der Waals surface area contributed by atoms with Crippen LogP contribution in [0.1, 0.15) is 21.5 Å². The van der Waals surface area contributed by atoms with Gasteiger partial charge in [-0.25, -0.2) is 4.79 Å². The predicted octanol–water partition coefficient (Wildman–Crippen LogP) is 1.99. The molecule has 1 aliphatic rings. The van der Waals surface area contributed by atoms with E-state index in [1.54, 1.807) is 19.1 Å². The zero-order valence-corrected chi connectivity index (χ0v) is 15.0. The van der Waals surface area contributed by atoms with Crippen LogP contribution >= 0.6 is 0 Å². The van der Waals surface area contributed by atoms with Crippen LogP contribution in [-0.4, -0.2) is 43.3 Å². The molecular weight excluding hydrogens is 350 g/mol. The van der Waals surface area contributed by atoms with E-state index in [9.17, 15) is 14.7 Å². The number of para-hydroxylation sites is 1. The van der Waals surface area contributed by atoms with Crippen LogP contribution in [-0.2, 0) is 16.0 Å². The van der Waals surface area contributed by atoms with Crippen LogP contribution in [0.5, 0.6) is 17.2 Å². The second kappa shape index (κ2) is 8.44. The van der Waals surface area contributed by atoms with Crippen molar-refractivity contribution in [2.75, 3.05) is 26.4 Å². The molecule has 27 heavy (non-hydrogen) atoms. The number of carbonyl (C=O) groups is 2. The minimum Gasteiger partial charge on any atom is -0.507 e. The Bertz CT molecular complexity index is 848. The highest BCUT2D eigenvalue weighted by molar-refractivity contribution is 5.94. The van der Waals surface area contributed by atoms with E-state index in [-0.39, 0.29) is 11.3 Å². The molecule has 2 aromatic carbocycles. The van der Waals surface area contributed by atoms with E-state index in [0.717, 1.165) is 11.3 Å². The number of aryl methyl sites for hydroxylation is 1. The van der Waals surface area contributed by atoms with Crippen molar-refractivity contribution in [3.8, 4) is 17.2 Å². The zero-order valence-electron chi connectivity index (χ0n) is 15.0. The van der Waals surface area contributed by atoms with E-state index in [1.165, 1.54) is 6.07 Å². The normalized spacial score (nSPS) is 12.3. The van der Waals surface area contributed by atoms with Crippen molar-refractivity contribution in [2.24, 2.45) is 0 Å². The summed E-state index contributed by atoms with van der Waals surface area (Å²) in [6.07, 6.45) is 0.606. The summed E-state index contributed by atoms with van der Waals surface area (Å²) in [4.78, 5) is 23.8. The molecule has 0 aliphatic carbocycles. The van der Waals surface area contributed by atoms with Crippen LogP contribution in [0, 0.1) is 6.92 Å². The van der Waals surface area contributed by atoms with Crippen LogP contribution in [0.2, 0.25) is 0 Å². The summed E-state index contributed by atoms with van der Waals surface area (Å²) >= 11 is 0. The lowest BCUT2D eigenvalue weighted by atomic mass is 10.1. The first-order chi connectivity index (χ1) is 13.0. The van der Waals surface area contributed by atoms with Gasteiger partial charge >= 0.3 is 5.97 Å². The molecule has 7 heteroatoms. The summed E-state index contributed by atoms with van der Waals surface area (Å²) in [5.74, 6) is 0.144. The number of amides is 1. The van der Waals surface area contributed by atoms with Gasteiger partial charge in [0.25, 0.3) is 5.91 Å². The number of rotatable bonds is 6. The first-order valence-corrected chi connectivity index (χ1v) is 8.65. The molecule has 0 fully saturated rings. The zero-order chi connectivity index (χ0) is 19.2. The number of aromatic hydroxyl groups is 1. The van der Waals surface area contributed by atoms with Crippen molar-refractivity contribution >= 4 is 11.9 Å². The van der Waals surface area contributed by atoms with Crippen molar-refractivity contribution in [3.63, 3.8) is 0 Å². The van der Waals surface area contributed by atoms with Gasteiger partial charge in [-0.3, -0.25) is 4.79 Å². The number of phenolic OH excluding ortho intramolecular Hbond substituents is 1. The number of ether oxygens (including phenoxy) is 3. The predicted molar refractivity (Wildman–Crippen MR) is 97.3 cm³/mol. The molecule has 1 heterocycles. The molecule has 0 unspecified atom stereocenters. The molecule has 7 nitrogen and oxygen atoms in total. The molecule has 1 aliphatic heterocycles. The fourth-order valence-electron chi connectivity index (χ4n) is 2.67. The Balaban J connectivity index is 1.43. The molecule has 0 spiro atoms. The largest absolute Gasteiger partial charge is 0.507 e. The Labute approximate surface area is 156 Å². The van der Waals surface area contributed by atoms with Gasteiger partial charge in [0.2, 0.25) is 0 Å².